The van der Waals surface area contributed by atoms with Crippen molar-refractivity contribution < 1.29 is 0 Å². The topological polar surface area (TPSA) is 56.8 Å². The van der Waals surface area contributed by atoms with Gasteiger partial charge in [-0.3, -0.25) is 5.10 Å². The number of aromatic nitrogens is 3. The molecule has 1 aromatic rings. The maximum atomic E-state index is 4.21. The maximum Gasteiger partial charge on any atom is 0.141 e. The summed E-state index contributed by atoms with van der Waals surface area (Å²) in [6.45, 7) is 2.15. The van der Waals surface area contributed by atoms with Gasteiger partial charge >= 0.3 is 0 Å². The molecule has 94 valence electrons. The molecule has 3 unspecified atom stereocenters. The Morgan fingerprint density at radius 2 is 2.12 bits per heavy atom. The van der Waals surface area contributed by atoms with Crippen LogP contribution < -0.4 is 5.32 Å². The summed E-state index contributed by atoms with van der Waals surface area (Å²) in [4.78, 5) is 6.78. The first-order valence-corrected chi connectivity index (χ1v) is 6.57. The lowest BCUT2D eigenvalue weighted by molar-refractivity contribution is 0.143. The maximum absolute atomic E-state index is 4.21. The van der Waals surface area contributed by atoms with Crippen LogP contribution in [0, 0.1) is 0 Å². The Bertz CT molecular complexity index is 349. The number of H-pyrrole nitrogens is 1. The van der Waals surface area contributed by atoms with Crippen LogP contribution in [-0.4, -0.2) is 45.3 Å². The van der Waals surface area contributed by atoms with E-state index in [2.05, 4.69) is 39.4 Å². The molecule has 2 fully saturated rings. The molecule has 0 radical (unpaired) electrons. The second-order valence-corrected chi connectivity index (χ2v) is 5.48. The molecule has 2 N–H and O–H groups in total. The molecule has 1 aromatic heterocycles. The molecule has 17 heavy (non-hydrogen) atoms. The molecule has 3 atom stereocenters. The summed E-state index contributed by atoms with van der Waals surface area (Å²) in [5, 5.41) is 10.5. The van der Waals surface area contributed by atoms with Gasteiger partial charge in [-0.2, -0.15) is 5.10 Å². The standard InChI is InChI=1S/C12H21N5/c1-8(12-13-7-14-16-12)15-9-5-10-3-4-11(6-9)17(10)2/h7-11,15H,3-6H2,1-2H3,(H,13,14,16). The van der Waals surface area contributed by atoms with Gasteiger partial charge in [-0.25, -0.2) is 4.98 Å². The van der Waals surface area contributed by atoms with Crippen molar-refractivity contribution in [3.8, 4) is 0 Å². The normalized spacial score (nSPS) is 35.1. The molecule has 2 bridgehead atoms. The zero-order valence-electron chi connectivity index (χ0n) is 10.6. The van der Waals surface area contributed by atoms with Gasteiger partial charge in [-0.05, 0) is 39.7 Å². The van der Waals surface area contributed by atoms with Gasteiger partial charge in [-0.1, -0.05) is 0 Å². The first kappa shape index (κ1) is 11.2. The monoisotopic (exact) mass is 235 g/mol. The number of nitrogens with zero attached hydrogens (tertiary/aromatic N) is 3. The number of nitrogens with one attached hydrogen (secondary N) is 2. The Morgan fingerprint density at radius 1 is 1.41 bits per heavy atom. The number of hydrogen-bond acceptors (Lipinski definition) is 4. The fraction of sp³-hybridized carbons (Fsp3) is 0.833. The zero-order valence-corrected chi connectivity index (χ0v) is 10.6. The Labute approximate surface area is 102 Å². The van der Waals surface area contributed by atoms with Crippen LogP contribution in [0.15, 0.2) is 6.33 Å². The Kier molecular flexibility index (Phi) is 2.88. The third-order valence-electron chi connectivity index (χ3n) is 4.43. The van der Waals surface area contributed by atoms with Gasteiger partial charge in [0.25, 0.3) is 0 Å². The largest absolute Gasteiger partial charge is 0.305 e. The summed E-state index contributed by atoms with van der Waals surface area (Å²) < 4.78 is 0. The second kappa shape index (κ2) is 4.38. The molecule has 0 aromatic carbocycles. The molecular formula is C12H21N5. The van der Waals surface area contributed by atoms with Gasteiger partial charge < -0.3 is 10.2 Å². The molecule has 2 saturated heterocycles. The molecule has 0 aliphatic carbocycles. The lowest BCUT2D eigenvalue weighted by Crippen LogP contribution is -2.47. The molecule has 0 saturated carbocycles. The minimum atomic E-state index is 0.269. The Morgan fingerprint density at radius 3 is 2.71 bits per heavy atom. The summed E-state index contributed by atoms with van der Waals surface area (Å²) >= 11 is 0. The molecule has 0 amide bonds. The van der Waals surface area contributed by atoms with Crippen LogP contribution in [-0.2, 0) is 0 Å². The SMILES string of the molecule is CC(NC1CC2CCC(C1)N2C)c1ncn[nH]1. The van der Waals surface area contributed by atoms with Crippen molar-refractivity contribution in [2.45, 2.75) is 56.8 Å². The first-order valence-electron chi connectivity index (χ1n) is 6.57. The van der Waals surface area contributed by atoms with Crippen molar-refractivity contribution in [3.05, 3.63) is 12.2 Å². The lowest BCUT2D eigenvalue weighted by atomic mass is 9.97. The number of fused-ring (bicyclic) bond motifs is 2. The first-order chi connectivity index (χ1) is 8.24. The van der Waals surface area contributed by atoms with Gasteiger partial charge in [0.2, 0.25) is 0 Å². The van der Waals surface area contributed by atoms with E-state index in [-0.39, 0.29) is 6.04 Å². The Hall–Kier alpha value is -0.940. The minimum Gasteiger partial charge on any atom is -0.305 e. The van der Waals surface area contributed by atoms with Crippen LogP contribution >= 0.6 is 0 Å². The smallest absolute Gasteiger partial charge is 0.141 e. The van der Waals surface area contributed by atoms with Crippen LogP contribution in [0.3, 0.4) is 0 Å². The fourth-order valence-electron chi connectivity index (χ4n) is 3.40. The number of rotatable bonds is 3. The summed E-state index contributed by atoms with van der Waals surface area (Å²) in [7, 11) is 2.28. The summed E-state index contributed by atoms with van der Waals surface area (Å²) in [6, 6.07) is 2.47. The van der Waals surface area contributed by atoms with E-state index < -0.39 is 0 Å². The fourth-order valence-corrected chi connectivity index (χ4v) is 3.40. The zero-order chi connectivity index (χ0) is 11.8. The highest BCUT2D eigenvalue weighted by Crippen LogP contribution is 2.34. The van der Waals surface area contributed by atoms with Crippen LogP contribution in [0.4, 0.5) is 0 Å². The van der Waals surface area contributed by atoms with Crippen LogP contribution in [0.2, 0.25) is 0 Å². The van der Waals surface area contributed by atoms with E-state index in [1.54, 1.807) is 6.33 Å². The predicted molar refractivity (Wildman–Crippen MR) is 65.5 cm³/mol. The molecule has 2 aliphatic heterocycles. The third-order valence-corrected chi connectivity index (χ3v) is 4.43. The van der Waals surface area contributed by atoms with E-state index in [0.29, 0.717) is 6.04 Å². The molecule has 5 nitrogen and oxygen atoms in total. The van der Waals surface area contributed by atoms with E-state index in [1.165, 1.54) is 25.7 Å². The molecule has 0 spiro atoms. The van der Waals surface area contributed by atoms with Gasteiger partial charge in [0.1, 0.15) is 12.2 Å². The van der Waals surface area contributed by atoms with Crippen LogP contribution in [0.5, 0.6) is 0 Å². The minimum absolute atomic E-state index is 0.269. The Balaban J connectivity index is 1.60. The molecule has 5 heteroatoms. The summed E-state index contributed by atoms with van der Waals surface area (Å²) in [5.74, 6) is 0.941. The van der Waals surface area contributed by atoms with Crippen molar-refractivity contribution in [1.82, 2.24) is 25.4 Å². The highest BCUT2D eigenvalue weighted by molar-refractivity contribution is 4.98. The summed E-state index contributed by atoms with van der Waals surface area (Å²) in [6.07, 6.45) is 6.86. The van der Waals surface area contributed by atoms with Crippen molar-refractivity contribution in [2.24, 2.45) is 0 Å². The molecular weight excluding hydrogens is 214 g/mol. The van der Waals surface area contributed by atoms with E-state index in [9.17, 15) is 0 Å². The quantitative estimate of drug-likeness (QED) is 0.823. The van der Waals surface area contributed by atoms with Crippen molar-refractivity contribution in [1.29, 1.82) is 0 Å². The average molecular weight is 235 g/mol. The number of aromatic amines is 1. The van der Waals surface area contributed by atoms with Gasteiger partial charge in [-0.15, -0.1) is 0 Å². The molecule has 3 heterocycles. The van der Waals surface area contributed by atoms with E-state index in [0.717, 1.165) is 17.9 Å². The van der Waals surface area contributed by atoms with Crippen molar-refractivity contribution >= 4 is 0 Å². The van der Waals surface area contributed by atoms with Crippen molar-refractivity contribution in [3.63, 3.8) is 0 Å². The number of piperidine rings is 1. The summed E-state index contributed by atoms with van der Waals surface area (Å²) in [5.41, 5.74) is 0. The highest BCUT2D eigenvalue weighted by Gasteiger charge is 2.38. The highest BCUT2D eigenvalue weighted by atomic mass is 15.2. The number of hydrogen-bond donors (Lipinski definition) is 2. The predicted octanol–water partition coefficient (Wildman–Crippen LogP) is 1.08. The van der Waals surface area contributed by atoms with Gasteiger partial charge in [0, 0.05) is 18.1 Å². The van der Waals surface area contributed by atoms with Crippen molar-refractivity contribution in [2.75, 3.05) is 7.05 Å². The van der Waals surface area contributed by atoms with E-state index in [1.807, 2.05) is 0 Å². The van der Waals surface area contributed by atoms with Crippen LogP contribution in [0.1, 0.15) is 44.5 Å². The molecule has 3 rings (SSSR count). The molecule has 2 aliphatic rings. The van der Waals surface area contributed by atoms with Crippen LogP contribution in [0.25, 0.3) is 0 Å². The average Bonchev–Trinajstić information content (AvgIpc) is 2.88. The second-order valence-electron chi connectivity index (χ2n) is 5.48. The lowest BCUT2D eigenvalue weighted by Gasteiger charge is -2.37. The van der Waals surface area contributed by atoms with E-state index >= 15 is 0 Å². The van der Waals surface area contributed by atoms with Gasteiger partial charge in [0.05, 0.1) is 6.04 Å². The van der Waals surface area contributed by atoms with E-state index in [4.69, 9.17) is 0 Å². The van der Waals surface area contributed by atoms with Gasteiger partial charge in [0.15, 0.2) is 0 Å². The third kappa shape index (κ3) is 2.09.